The highest BCUT2D eigenvalue weighted by molar-refractivity contribution is 7.54. The predicted molar refractivity (Wildman–Crippen MR) is 100 cm³/mol. The van der Waals surface area contributed by atoms with Crippen LogP contribution in [0.25, 0.3) is 0 Å². The second-order valence-electron chi connectivity index (χ2n) is 5.29. The minimum absolute atomic E-state index is 0.0237. The lowest BCUT2D eigenvalue weighted by Crippen LogP contribution is -2.14. The fourth-order valence-corrected chi connectivity index (χ4v) is 3.85. The minimum Gasteiger partial charge on any atom is -0.492 e. The van der Waals surface area contributed by atoms with Crippen LogP contribution < -0.4 is 4.74 Å². The van der Waals surface area contributed by atoms with Crippen molar-refractivity contribution in [2.75, 3.05) is 20.8 Å². The van der Waals surface area contributed by atoms with E-state index in [2.05, 4.69) is 0 Å². The molecule has 1 atom stereocenters. The van der Waals surface area contributed by atoms with Crippen molar-refractivity contribution >= 4 is 36.8 Å². The molecule has 2 rings (SSSR count). The van der Waals surface area contributed by atoms with E-state index in [0.29, 0.717) is 22.2 Å². The second-order valence-corrected chi connectivity index (χ2v) is 8.41. The summed E-state index contributed by atoms with van der Waals surface area (Å²) in [5.74, 6) is -1.26. The summed E-state index contributed by atoms with van der Waals surface area (Å²) < 4.78 is 38.5. The summed E-state index contributed by atoms with van der Waals surface area (Å²) in [6.45, 7) is 0.230. The lowest BCUT2D eigenvalue weighted by Gasteiger charge is -2.22. The number of hydrogen-bond donors (Lipinski definition) is 0. The lowest BCUT2D eigenvalue weighted by atomic mass is 10.3. The first kappa shape index (κ1) is 21.8. The van der Waals surface area contributed by atoms with Gasteiger partial charge in [-0.1, -0.05) is 23.2 Å². The summed E-state index contributed by atoms with van der Waals surface area (Å²) >= 11 is 11.8. The predicted octanol–water partition coefficient (Wildman–Crippen LogP) is 5.47. The molecule has 1 heterocycles. The maximum atomic E-state index is 12.6. The zero-order chi connectivity index (χ0) is 19.9. The van der Waals surface area contributed by atoms with Crippen LogP contribution in [0.2, 0.25) is 10.0 Å². The number of benzene rings is 1. The van der Waals surface area contributed by atoms with Crippen LogP contribution in [0.15, 0.2) is 41.0 Å². The van der Waals surface area contributed by atoms with E-state index >= 15 is 0 Å². The molecule has 0 bridgehead atoms. The number of hydrogen-bond acceptors (Lipinski definition) is 7. The molecule has 0 saturated carbocycles. The molecule has 0 aliphatic carbocycles. The lowest BCUT2D eigenvalue weighted by molar-refractivity contribution is -0.147. The summed E-state index contributed by atoms with van der Waals surface area (Å²) in [6, 6.07) is 7.96. The Morgan fingerprint density at radius 3 is 2.56 bits per heavy atom. The molecule has 148 valence electrons. The van der Waals surface area contributed by atoms with Crippen LogP contribution in [0.3, 0.4) is 0 Å². The van der Waals surface area contributed by atoms with Gasteiger partial charge in [0.1, 0.15) is 5.75 Å². The zero-order valence-corrected chi connectivity index (χ0v) is 17.1. The van der Waals surface area contributed by atoms with Gasteiger partial charge in [-0.05, 0) is 36.8 Å². The number of esters is 1. The monoisotopic (exact) mass is 436 g/mol. The molecule has 10 heteroatoms. The van der Waals surface area contributed by atoms with Crippen LogP contribution >= 0.6 is 30.8 Å². The van der Waals surface area contributed by atoms with Crippen LogP contribution in [0, 0.1) is 0 Å². The summed E-state index contributed by atoms with van der Waals surface area (Å²) in [5, 5.41) is 0.879. The first-order chi connectivity index (χ1) is 12.9. The van der Waals surface area contributed by atoms with Crippen LogP contribution in [-0.2, 0) is 23.1 Å². The highest BCUT2D eigenvalue weighted by Crippen LogP contribution is 2.60. The van der Waals surface area contributed by atoms with E-state index in [0.717, 1.165) is 0 Å². The summed E-state index contributed by atoms with van der Waals surface area (Å²) in [4.78, 5) is 12.2. The van der Waals surface area contributed by atoms with E-state index < -0.39 is 19.4 Å². The Bertz CT molecular complexity index is 787. The number of furan rings is 1. The molecule has 1 unspecified atom stereocenters. The third-order valence-corrected chi connectivity index (χ3v) is 5.99. The zero-order valence-electron chi connectivity index (χ0n) is 14.7. The molecule has 0 radical (unpaired) electrons. The molecule has 1 aromatic carbocycles. The van der Waals surface area contributed by atoms with Crippen LogP contribution in [0.1, 0.15) is 24.4 Å². The first-order valence-electron chi connectivity index (χ1n) is 7.91. The molecule has 0 aliphatic heterocycles. The largest absolute Gasteiger partial charge is 0.492 e. The average molecular weight is 437 g/mol. The molecule has 2 aromatic rings. The first-order valence-corrected chi connectivity index (χ1v) is 10.3. The summed E-state index contributed by atoms with van der Waals surface area (Å²) in [5.41, 5.74) is 0. The molecule has 1 aromatic heterocycles. The maximum absolute atomic E-state index is 12.6. The van der Waals surface area contributed by atoms with Gasteiger partial charge >= 0.3 is 13.6 Å². The van der Waals surface area contributed by atoms with Crippen molar-refractivity contribution in [1.29, 1.82) is 0 Å². The van der Waals surface area contributed by atoms with Crippen molar-refractivity contribution in [3.63, 3.8) is 0 Å². The third-order valence-electron chi connectivity index (χ3n) is 3.50. The topological polar surface area (TPSA) is 84.2 Å². The van der Waals surface area contributed by atoms with Gasteiger partial charge in [0.25, 0.3) is 5.85 Å². The summed E-state index contributed by atoms with van der Waals surface area (Å²) in [7, 11) is -1.32. The van der Waals surface area contributed by atoms with Gasteiger partial charge in [0.15, 0.2) is 5.76 Å². The molecule has 0 saturated heterocycles. The molecule has 27 heavy (non-hydrogen) atoms. The Morgan fingerprint density at radius 1 is 1.22 bits per heavy atom. The minimum atomic E-state index is -3.73. The van der Waals surface area contributed by atoms with Crippen molar-refractivity contribution in [2.45, 2.75) is 18.7 Å². The highest BCUT2D eigenvalue weighted by atomic mass is 35.5. The Hall–Kier alpha value is -1.50. The van der Waals surface area contributed by atoms with Gasteiger partial charge in [-0.25, -0.2) is 0 Å². The van der Waals surface area contributed by atoms with E-state index in [1.165, 1.54) is 26.5 Å². The highest BCUT2D eigenvalue weighted by Gasteiger charge is 2.41. The van der Waals surface area contributed by atoms with E-state index in [9.17, 15) is 9.36 Å². The molecule has 7 nitrogen and oxygen atoms in total. The van der Waals surface area contributed by atoms with Gasteiger partial charge in [-0.2, -0.15) is 0 Å². The summed E-state index contributed by atoms with van der Waals surface area (Å²) in [6.07, 6.45) is 1.75. The van der Waals surface area contributed by atoms with Gasteiger partial charge in [0, 0.05) is 25.7 Å². The maximum Gasteiger partial charge on any atom is 0.378 e. The van der Waals surface area contributed by atoms with Crippen molar-refractivity contribution < 1.29 is 32.3 Å². The van der Waals surface area contributed by atoms with Crippen LogP contribution in [0.5, 0.6) is 5.75 Å². The van der Waals surface area contributed by atoms with Crippen LogP contribution in [0.4, 0.5) is 0 Å². The molecule has 0 amide bonds. The van der Waals surface area contributed by atoms with E-state index in [-0.39, 0.29) is 18.8 Å². The average Bonchev–Trinajstić information content (AvgIpc) is 3.18. The number of carbonyl (C=O) groups is 1. The fourth-order valence-electron chi connectivity index (χ4n) is 2.15. The molecule has 0 aliphatic rings. The van der Waals surface area contributed by atoms with E-state index in [1.54, 1.807) is 24.3 Å². The van der Waals surface area contributed by atoms with Gasteiger partial charge in [-0.3, -0.25) is 9.36 Å². The molecule has 0 spiro atoms. The van der Waals surface area contributed by atoms with Gasteiger partial charge in [0.05, 0.1) is 17.9 Å². The van der Waals surface area contributed by atoms with Gasteiger partial charge < -0.3 is 22.9 Å². The Morgan fingerprint density at radius 2 is 1.96 bits per heavy atom. The Kier molecular flexibility index (Phi) is 8.20. The van der Waals surface area contributed by atoms with Crippen molar-refractivity contribution in [3.05, 3.63) is 52.4 Å². The normalized spacial score (nSPS) is 12.6. The number of halogens is 2. The van der Waals surface area contributed by atoms with Gasteiger partial charge in [0.2, 0.25) is 0 Å². The van der Waals surface area contributed by atoms with Crippen LogP contribution in [-0.4, -0.2) is 26.8 Å². The molecule has 0 fully saturated rings. The SMILES string of the molecule is COP(=O)(OC)C(OC(=O)CCCOc1ccc(Cl)cc1Cl)c1ccco1. The third kappa shape index (κ3) is 5.99. The van der Waals surface area contributed by atoms with Crippen molar-refractivity contribution in [3.8, 4) is 5.75 Å². The van der Waals surface area contributed by atoms with E-state index in [4.69, 9.17) is 46.1 Å². The molecular formula is C17H19Cl2O7P. The quantitative estimate of drug-likeness (QED) is 0.277. The number of ether oxygens (including phenoxy) is 2. The Balaban J connectivity index is 1.89. The number of rotatable bonds is 10. The second kappa shape index (κ2) is 10.2. The van der Waals surface area contributed by atoms with E-state index in [1.807, 2.05) is 0 Å². The van der Waals surface area contributed by atoms with Crippen molar-refractivity contribution in [2.24, 2.45) is 0 Å². The smallest absolute Gasteiger partial charge is 0.378 e. The number of carbonyl (C=O) groups excluding carboxylic acids is 1. The molecule has 0 N–H and O–H groups in total. The Labute approximate surface area is 167 Å². The fraction of sp³-hybridized carbons (Fsp3) is 0.353. The van der Waals surface area contributed by atoms with Crippen molar-refractivity contribution in [1.82, 2.24) is 0 Å². The van der Waals surface area contributed by atoms with Gasteiger partial charge in [-0.15, -0.1) is 0 Å². The standard InChI is InChI=1S/C17H19Cl2O7P/c1-22-27(21,23-2)17(15-5-3-9-25-15)26-16(20)6-4-10-24-14-8-7-12(18)11-13(14)19/h3,5,7-9,11,17H,4,6,10H2,1-2H3. The molecular weight excluding hydrogens is 418 g/mol.